The molecule has 1 aromatic carbocycles. The molecule has 1 aromatic heterocycles. The molecule has 0 radical (unpaired) electrons. The number of anilines is 1. The molecule has 0 saturated heterocycles. The number of nitrogens with one attached hydrogen (secondary N) is 1. The first kappa shape index (κ1) is 13.7. The number of aromatic nitrogens is 1. The Kier molecular flexibility index (Phi) is 5.06. The average Bonchev–Trinajstić information content (AvgIpc) is 2.85. The summed E-state index contributed by atoms with van der Waals surface area (Å²) >= 11 is 1.52. The van der Waals surface area contributed by atoms with Crippen molar-refractivity contribution in [2.45, 2.75) is 19.3 Å². The molecule has 1 amide bonds. The van der Waals surface area contributed by atoms with Gasteiger partial charge in [-0.1, -0.05) is 30.3 Å². The van der Waals surface area contributed by atoms with Crippen LogP contribution in [-0.2, 0) is 11.2 Å². The molecule has 1 heterocycles. The lowest BCUT2D eigenvalue weighted by atomic mass is 10.1. The molecule has 5 heteroatoms. The van der Waals surface area contributed by atoms with Gasteiger partial charge in [0, 0.05) is 23.9 Å². The van der Waals surface area contributed by atoms with Crippen LogP contribution in [0.4, 0.5) is 5.13 Å². The zero-order valence-corrected chi connectivity index (χ0v) is 11.5. The monoisotopic (exact) mass is 275 g/mol. The number of hydrogen-bond donors (Lipinski definition) is 2. The highest BCUT2D eigenvalue weighted by atomic mass is 32.1. The van der Waals surface area contributed by atoms with Crippen LogP contribution in [0.1, 0.15) is 23.3 Å². The van der Waals surface area contributed by atoms with Crippen LogP contribution in [0.2, 0.25) is 0 Å². The fourth-order valence-corrected chi connectivity index (χ4v) is 2.55. The van der Waals surface area contributed by atoms with Crippen LogP contribution in [0.3, 0.4) is 0 Å². The molecule has 4 nitrogen and oxygen atoms in total. The van der Waals surface area contributed by atoms with Crippen molar-refractivity contribution in [2.75, 3.05) is 11.9 Å². The molecule has 19 heavy (non-hydrogen) atoms. The van der Waals surface area contributed by atoms with Gasteiger partial charge < -0.3 is 11.1 Å². The van der Waals surface area contributed by atoms with Gasteiger partial charge in [0.1, 0.15) is 0 Å². The summed E-state index contributed by atoms with van der Waals surface area (Å²) in [6.07, 6.45) is 3.81. The molecular formula is C14H17N3OS. The van der Waals surface area contributed by atoms with Gasteiger partial charge in [-0.15, -0.1) is 11.3 Å². The second-order valence-electron chi connectivity index (χ2n) is 4.23. The van der Waals surface area contributed by atoms with Gasteiger partial charge in [0.15, 0.2) is 5.13 Å². The van der Waals surface area contributed by atoms with Gasteiger partial charge >= 0.3 is 0 Å². The Morgan fingerprint density at radius 1 is 1.32 bits per heavy atom. The maximum atomic E-state index is 11.5. The smallest absolute Gasteiger partial charge is 0.226 e. The number of thiazole rings is 1. The van der Waals surface area contributed by atoms with E-state index in [-0.39, 0.29) is 5.91 Å². The topological polar surface area (TPSA) is 68.0 Å². The molecular weight excluding hydrogens is 258 g/mol. The van der Waals surface area contributed by atoms with Crippen LogP contribution < -0.4 is 11.1 Å². The normalized spacial score (nSPS) is 10.4. The lowest BCUT2D eigenvalue weighted by Gasteiger charge is -1.99. The number of rotatable bonds is 6. The number of nitrogens with zero attached hydrogens (tertiary/aromatic N) is 1. The molecule has 0 aliphatic rings. The van der Waals surface area contributed by atoms with E-state index in [0.29, 0.717) is 24.5 Å². The van der Waals surface area contributed by atoms with Gasteiger partial charge in [0.05, 0.1) is 0 Å². The summed E-state index contributed by atoms with van der Waals surface area (Å²) < 4.78 is 0. The number of amides is 1. The Labute approximate surface area is 116 Å². The fourth-order valence-electron chi connectivity index (χ4n) is 1.69. The van der Waals surface area contributed by atoms with Crippen molar-refractivity contribution in [3.05, 3.63) is 47.0 Å². The van der Waals surface area contributed by atoms with Crippen molar-refractivity contribution in [3.63, 3.8) is 0 Å². The first-order valence-electron chi connectivity index (χ1n) is 6.26. The van der Waals surface area contributed by atoms with Crippen LogP contribution >= 0.6 is 11.3 Å². The summed E-state index contributed by atoms with van der Waals surface area (Å²) in [5.41, 5.74) is 6.61. The fraction of sp³-hybridized carbons (Fsp3) is 0.286. The Balaban J connectivity index is 1.90. The first-order valence-corrected chi connectivity index (χ1v) is 7.08. The van der Waals surface area contributed by atoms with Crippen LogP contribution in [0.15, 0.2) is 36.5 Å². The maximum Gasteiger partial charge on any atom is 0.226 e. The van der Waals surface area contributed by atoms with E-state index in [9.17, 15) is 4.79 Å². The van der Waals surface area contributed by atoms with Crippen molar-refractivity contribution in [3.8, 4) is 0 Å². The summed E-state index contributed by atoms with van der Waals surface area (Å²) in [4.78, 5) is 16.9. The molecule has 2 aromatic rings. The van der Waals surface area contributed by atoms with E-state index in [1.165, 1.54) is 16.9 Å². The molecule has 0 saturated carbocycles. The SMILES string of the molecule is NCCCC(=O)Nc1ncc(Cc2ccccc2)s1. The summed E-state index contributed by atoms with van der Waals surface area (Å²) in [6, 6.07) is 10.2. The van der Waals surface area contributed by atoms with E-state index in [1.807, 2.05) is 24.4 Å². The quantitative estimate of drug-likeness (QED) is 0.850. The molecule has 0 spiro atoms. The predicted molar refractivity (Wildman–Crippen MR) is 78.3 cm³/mol. The Morgan fingerprint density at radius 3 is 2.84 bits per heavy atom. The highest BCUT2D eigenvalue weighted by Crippen LogP contribution is 2.21. The maximum absolute atomic E-state index is 11.5. The average molecular weight is 275 g/mol. The molecule has 0 aliphatic carbocycles. The summed E-state index contributed by atoms with van der Waals surface area (Å²) in [5, 5.41) is 3.46. The zero-order chi connectivity index (χ0) is 13.5. The third-order valence-corrected chi connectivity index (χ3v) is 3.54. The number of nitrogens with two attached hydrogens (primary N) is 1. The number of benzene rings is 1. The molecule has 0 unspecified atom stereocenters. The second kappa shape index (κ2) is 7.01. The van der Waals surface area contributed by atoms with Crippen LogP contribution in [0.5, 0.6) is 0 Å². The number of carbonyl (C=O) groups excluding carboxylic acids is 1. The van der Waals surface area contributed by atoms with Gasteiger partial charge in [-0.25, -0.2) is 4.98 Å². The lowest BCUT2D eigenvalue weighted by molar-refractivity contribution is -0.116. The Hall–Kier alpha value is -1.72. The third kappa shape index (κ3) is 4.46. The standard InChI is InChI=1S/C14H17N3OS/c15-8-4-7-13(18)17-14-16-10-12(19-14)9-11-5-2-1-3-6-11/h1-3,5-6,10H,4,7-9,15H2,(H,16,17,18). The molecule has 0 atom stereocenters. The van der Waals surface area contributed by atoms with Gasteiger partial charge in [-0.05, 0) is 18.5 Å². The van der Waals surface area contributed by atoms with Crippen LogP contribution in [-0.4, -0.2) is 17.4 Å². The summed E-state index contributed by atoms with van der Waals surface area (Å²) in [7, 11) is 0. The highest BCUT2D eigenvalue weighted by molar-refractivity contribution is 7.15. The molecule has 3 N–H and O–H groups in total. The van der Waals surface area contributed by atoms with Crippen molar-refractivity contribution < 1.29 is 4.79 Å². The minimum absolute atomic E-state index is 0.0222. The Morgan fingerprint density at radius 2 is 2.11 bits per heavy atom. The van der Waals surface area contributed by atoms with E-state index in [0.717, 1.165) is 11.3 Å². The Bertz CT molecular complexity index is 524. The van der Waals surface area contributed by atoms with Gasteiger partial charge in [-0.3, -0.25) is 4.79 Å². The lowest BCUT2D eigenvalue weighted by Crippen LogP contribution is -2.13. The largest absolute Gasteiger partial charge is 0.330 e. The second-order valence-corrected chi connectivity index (χ2v) is 5.35. The van der Waals surface area contributed by atoms with Crippen molar-refractivity contribution in [1.82, 2.24) is 4.98 Å². The summed E-state index contributed by atoms with van der Waals surface area (Å²) in [6.45, 7) is 0.532. The highest BCUT2D eigenvalue weighted by Gasteiger charge is 2.06. The number of hydrogen-bond acceptors (Lipinski definition) is 4. The van der Waals surface area contributed by atoms with E-state index >= 15 is 0 Å². The molecule has 0 aliphatic heterocycles. The van der Waals surface area contributed by atoms with Crippen LogP contribution in [0, 0.1) is 0 Å². The van der Waals surface area contributed by atoms with Crippen molar-refractivity contribution in [1.29, 1.82) is 0 Å². The molecule has 2 rings (SSSR count). The number of carbonyl (C=O) groups is 1. The van der Waals surface area contributed by atoms with E-state index in [2.05, 4.69) is 22.4 Å². The third-order valence-electron chi connectivity index (χ3n) is 2.63. The van der Waals surface area contributed by atoms with Gasteiger partial charge in [0.25, 0.3) is 0 Å². The van der Waals surface area contributed by atoms with Gasteiger partial charge in [0.2, 0.25) is 5.91 Å². The van der Waals surface area contributed by atoms with E-state index in [4.69, 9.17) is 5.73 Å². The van der Waals surface area contributed by atoms with E-state index in [1.54, 1.807) is 0 Å². The first-order chi connectivity index (χ1) is 9.28. The zero-order valence-electron chi connectivity index (χ0n) is 10.6. The minimum Gasteiger partial charge on any atom is -0.330 e. The van der Waals surface area contributed by atoms with Gasteiger partial charge in [-0.2, -0.15) is 0 Å². The van der Waals surface area contributed by atoms with Crippen LogP contribution in [0.25, 0.3) is 0 Å². The summed E-state index contributed by atoms with van der Waals surface area (Å²) in [5.74, 6) is -0.0222. The van der Waals surface area contributed by atoms with E-state index < -0.39 is 0 Å². The minimum atomic E-state index is -0.0222. The molecule has 0 bridgehead atoms. The predicted octanol–water partition coefficient (Wildman–Crippen LogP) is 2.41. The van der Waals surface area contributed by atoms with Crippen molar-refractivity contribution >= 4 is 22.4 Å². The molecule has 0 fully saturated rings. The molecule has 100 valence electrons. The van der Waals surface area contributed by atoms with Crippen molar-refractivity contribution in [2.24, 2.45) is 5.73 Å².